The summed E-state index contributed by atoms with van der Waals surface area (Å²) in [6.45, 7) is 0.196. The van der Waals surface area contributed by atoms with Crippen LogP contribution in [0, 0.1) is 0 Å². The van der Waals surface area contributed by atoms with Gasteiger partial charge in [-0.25, -0.2) is 0 Å². The van der Waals surface area contributed by atoms with E-state index in [-0.39, 0.29) is 12.5 Å². The number of aryl methyl sites for hydroxylation is 1. The van der Waals surface area contributed by atoms with Crippen molar-refractivity contribution in [1.29, 1.82) is 0 Å². The minimum atomic E-state index is 0.196. The number of aromatic hydroxyl groups is 1. The summed E-state index contributed by atoms with van der Waals surface area (Å²) in [4.78, 5) is 0. The molecule has 3 rings (SSSR count). The van der Waals surface area contributed by atoms with Gasteiger partial charge in [-0.05, 0) is 35.4 Å². The molecule has 2 N–H and O–H groups in total. The molecular formula is C14H14O2. The average molecular weight is 214 g/mol. The van der Waals surface area contributed by atoms with Gasteiger partial charge in [0.25, 0.3) is 0 Å². The van der Waals surface area contributed by atoms with E-state index in [2.05, 4.69) is 0 Å². The molecule has 1 atom stereocenters. The third kappa shape index (κ3) is 1.23. The highest BCUT2D eigenvalue weighted by molar-refractivity contribution is 5.92. The van der Waals surface area contributed by atoms with Gasteiger partial charge in [0, 0.05) is 17.9 Å². The Balaban J connectivity index is 2.37. The van der Waals surface area contributed by atoms with Crippen LogP contribution in [0.3, 0.4) is 0 Å². The molecule has 0 amide bonds. The van der Waals surface area contributed by atoms with Gasteiger partial charge in [-0.15, -0.1) is 0 Å². The van der Waals surface area contributed by atoms with Crippen molar-refractivity contribution in [3.8, 4) is 5.75 Å². The van der Waals surface area contributed by atoms with Gasteiger partial charge in [0.2, 0.25) is 0 Å². The zero-order valence-electron chi connectivity index (χ0n) is 8.98. The molecule has 0 spiro atoms. The van der Waals surface area contributed by atoms with E-state index in [0.717, 1.165) is 23.6 Å². The fourth-order valence-electron chi connectivity index (χ4n) is 2.78. The van der Waals surface area contributed by atoms with Crippen LogP contribution in [-0.4, -0.2) is 16.8 Å². The first-order valence-corrected chi connectivity index (χ1v) is 5.65. The monoisotopic (exact) mass is 214 g/mol. The molecule has 0 heterocycles. The second-order valence-corrected chi connectivity index (χ2v) is 4.43. The highest BCUT2D eigenvalue weighted by Crippen LogP contribution is 2.41. The van der Waals surface area contributed by atoms with Crippen molar-refractivity contribution in [2.75, 3.05) is 6.61 Å². The van der Waals surface area contributed by atoms with Gasteiger partial charge < -0.3 is 10.2 Å². The van der Waals surface area contributed by atoms with E-state index in [0.29, 0.717) is 5.75 Å². The maximum atomic E-state index is 9.93. The molecule has 16 heavy (non-hydrogen) atoms. The maximum Gasteiger partial charge on any atom is 0.123 e. The van der Waals surface area contributed by atoms with Gasteiger partial charge in [-0.3, -0.25) is 0 Å². The Morgan fingerprint density at radius 1 is 1.19 bits per heavy atom. The molecule has 2 nitrogen and oxygen atoms in total. The second kappa shape index (κ2) is 3.49. The highest BCUT2D eigenvalue weighted by Gasteiger charge is 2.25. The minimum absolute atomic E-state index is 0.196. The molecule has 0 saturated heterocycles. The Labute approximate surface area is 94.2 Å². The summed E-state index contributed by atoms with van der Waals surface area (Å²) in [5.41, 5.74) is 2.42. The molecule has 2 aromatic rings. The molecule has 0 bridgehead atoms. The first kappa shape index (κ1) is 9.67. The van der Waals surface area contributed by atoms with E-state index < -0.39 is 0 Å². The van der Waals surface area contributed by atoms with Crippen molar-refractivity contribution in [2.45, 2.75) is 18.8 Å². The van der Waals surface area contributed by atoms with Crippen molar-refractivity contribution in [1.82, 2.24) is 0 Å². The summed E-state index contributed by atoms with van der Waals surface area (Å²) in [6, 6.07) is 9.72. The van der Waals surface area contributed by atoms with Crippen molar-refractivity contribution in [3.05, 3.63) is 41.5 Å². The summed E-state index contributed by atoms with van der Waals surface area (Å²) in [5.74, 6) is 0.591. The van der Waals surface area contributed by atoms with E-state index in [9.17, 15) is 10.2 Å². The minimum Gasteiger partial charge on any atom is -0.507 e. The standard InChI is InChI=1S/C14H14O2/c15-8-10-6-5-9-7-13(16)11-3-1-2-4-12(11)14(9)10/h1-4,7,10,15-16H,5-6,8H2/t10-/m0/s1. The fraction of sp³-hybridized carbons (Fsp3) is 0.286. The number of fused-ring (bicyclic) bond motifs is 3. The highest BCUT2D eigenvalue weighted by atomic mass is 16.3. The second-order valence-electron chi connectivity index (χ2n) is 4.43. The molecule has 0 unspecified atom stereocenters. The van der Waals surface area contributed by atoms with E-state index in [1.807, 2.05) is 30.3 Å². The zero-order valence-corrected chi connectivity index (χ0v) is 8.98. The molecule has 82 valence electrons. The van der Waals surface area contributed by atoms with Crippen molar-refractivity contribution >= 4 is 10.8 Å². The van der Waals surface area contributed by atoms with Crippen LogP contribution in [-0.2, 0) is 6.42 Å². The molecule has 0 saturated carbocycles. The molecule has 0 aliphatic heterocycles. The van der Waals surface area contributed by atoms with E-state index in [1.165, 1.54) is 11.1 Å². The molecule has 2 aromatic carbocycles. The quantitative estimate of drug-likeness (QED) is 0.766. The van der Waals surface area contributed by atoms with E-state index in [4.69, 9.17) is 0 Å². The summed E-state index contributed by atoms with van der Waals surface area (Å²) in [5, 5.41) is 21.3. The Bertz CT molecular complexity index is 546. The van der Waals surface area contributed by atoms with Gasteiger partial charge in [0.15, 0.2) is 0 Å². The number of aliphatic hydroxyl groups excluding tert-OH is 1. The first-order chi connectivity index (χ1) is 7.81. The lowest BCUT2D eigenvalue weighted by atomic mass is 9.95. The molecule has 1 aliphatic carbocycles. The summed E-state index contributed by atoms with van der Waals surface area (Å²) < 4.78 is 0. The van der Waals surface area contributed by atoms with Gasteiger partial charge in [-0.2, -0.15) is 0 Å². The van der Waals surface area contributed by atoms with Gasteiger partial charge in [0.05, 0.1) is 0 Å². The number of hydrogen-bond donors (Lipinski definition) is 2. The number of benzene rings is 2. The lowest BCUT2D eigenvalue weighted by Gasteiger charge is -2.12. The van der Waals surface area contributed by atoms with Gasteiger partial charge in [-0.1, -0.05) is 24.3 Å². The molecule has 0 aromatic heterocycles. The van der Waals surface area contributed by atoms with E-state index in [1.54, 1.807) is 0 Å². The lowest BCUT2D eigenvalue weighted by Crippen LogP contribution is -1.99. The number of rotatable bonds is 1. The van der Waals surface area contributed by atoms with Crippen LogP contribution in [0.25, 0.3) is 10.8 Å². The van der Waals surface area contributed by atoms with Crippen LogP contribution < -0.4 is 0 Å². The lowest BCUT2D eigenvalue weighted by molar-refractivity contribution is 0.265. The maximum absolute atomic E-state index is 9.93. The van der Waals surface area contributed by atoms with Crippen LogP contribution in [0.2, 0.25) is 0 Å². The predicted octanol–water partition coefficient (Wildman–Crippen LogP) is 2.57. The first-order valence-electron chi connectivity index (χ1n) is 5.65. The largest absolute Gasteiger partial charge is 0.507 e. The smallest absolute Gasteiger partial charge is 0.123 e. The summed E-state index contributed by atoms with van der Waals surface area (Å²) in [7, 11) is 0. The normalized spacial score (nSPS) is 18.9. The Morgan fingerprint density at radius 2 is 1.94 bits per heavy atom. The molecule has 1 aliphatic rings. The van der Waals surface area contributed by atoms with Crippen LogP contribution in [0.1, 0.15) is 23.5 Å². The van der Waals surface area contributed by atoms with Gasteiger partial charge in [0.1, 0.15) is 5.75 Å². The van der Waals surface area contributed by atoms with Crippen molar-refractivity contribution in [2.24, 2.45) is 0 Å². The molecular weight excluding hydrogens is 200 g/mol. The third-order valence-electron chi connectivity index (χ3n) is 3.54. The van der Waals surface area contributed by atoms with Crippen LogP contribution in [0.4, 0.5) is 0 Å². The Kier molecular flexibility index (Phi) is 2.11. The number of aliphatic hydroxyl groups is 1. The predicted molar refractivity (Wildman–Crippen MR) is 63.8 cm³/mol. The Hall–Kier alpha value is -1.54. The van der Waals surface area contributed by atoms with Crippen LogP contribution >= 0.6 is 0 Å². The van der Waals surface area contributed by atoms with Crippen molar-refractivity contribution < 1.29 is 10.2 Å². The van der Waals surface area contributed by atoms with Crippen molar-refractivity contribution in [3.63, 3.8) is 0 Å². The average Bonchev–Trinajstić information content (AvgIpc) is 2.72. The zero-order chi connectivity index (χ0) is 11.1. The Morgan fingerprint density at radius 3 is 2.69 bits per heavy atom. The van der Waals surface area contributed by atoms with Gasteiger partial charge >= 0.3 is 0 Å². The number of phenols is 1. The topological polar surface area (TPSA) is 40.5 Å². The molecule has 0 fully saturated rings. The summed E-state index contributed by atoms with van der Waals surface area (Å²) >= 11 is 0. The molecule has 0 radical (unpaired) electrons. The van der Waals surface area contributed by atoms with Crippen LogP contribution in [0.5, 0.6) is 5.75 Å². The third-order valence-corrected chi connectivity index (χ3v) is 3.54. The number of hydrogen-bond acceptors (Lipinski definition) is 2. The number of phenolic OH excluding ortho intramolecular Hbond substituents is 1. The molecule has 2 heteroatoms. The summed E-state index contributed by atoms with van der Waals surface area (Å²) in [6.07, 6.45) is 1.94. The fourth-order valence-corrected chi connectivity index (χ4v) is 2.78. The van der Waals surface area contributed by atoms with E-state index >= 15 is 0 Å². The van der Waals surface area contributed by atoms with Crippen LogP contribution in [0.15, 0.2) is 30.3 Å². The SMILES string of the molecule is OC[C@@H]1CCc2cc(O)c3ccccc3c21.